The number of hydrogen-bond acceptors (Lipinski definition) is 8. The second kappa shape index (κ2) is 7.95. The Hall–Kier alpha value is -1.86. The highest BCUT2D eigenvalue weighted by Gasteiger charge is 2.16. The van der Waals surface area contributed by atoms with Gasteiger partial charge in [-0.1, -0.05) is 11.6 Å². The van der Waals surface area contributed by atoms with Crippen LogP contribution >= 0.6 is 22.9 Å². The Kier molecular flexibility index (Phi) is 5.97. The Bertz CT molecular complexity index is 667. The molecule has 1 aliphatic rings. The van der Waals surface area contributed by atoms with Crippen LogP contribution in [0.5, 0.6) is 0 Å². The summed E-state index contributed by atoms with van der Waals surface area (Å²) in [5, 5.41) is 0. The maximum absolute atomic E-state index is 8.12. The quantitative estimate of drug-likeness (QED) is 0.824. The fraction of sp³-hybridized carbons (Fsp3) is 0.385. The van der Waals surface area contributed by atoms with E-state index in [4.69, 9.17) is 25.9 Å². The zero-order valence-electron chi connectivity index (χ0n) is 11.8. The number of morpholine rings is 1. The maximum Gasteiger partial charge on any atom is 0.373 e. The van der Waals surface area contributed by atoms with E-state index in [2.05, 4.69) is 19.9 Å². The summed E-state index contributed by atoms with van der Waals surface area (Å²) in [5.41, 5.74) is 0.769. The molecular formula is C13H13ClN4O3S. The SMILES string of the molecule is Cc1sc(Cl)nc1-c1nccc(N2CCOCC2)n1.O=C=O. The van der Waals surface area contributed by atoms with Gasteiger partial charge in [-0.3, -0.25) is 0 Å². The summed E-state index contributed by atoms with van der Waals surface area (Å²) in [5.74, 6) is 1.54. The van der Waals surface area contributed by atoms with Crippen LogP contribution in [0, 0.1) is 6.92 Å². The first-order valence-electron chi connectivity index (χ1n) is 6.44. The predicted octanol–water partition coefficient (Wildman–Crippen LogP) is 1.82. The standard InChI is InChI=1S/C12H13ClN4OS.CO2/c1-8-10(16-12(13)19-8)11-14-3-2-9(15-11)17-4-6-18-7-5-17;2-1-3/h2-3H,4-7H2,1H3;. The van der Waals surface area contributed by atoms with Crippen LogP contribution < -0.4 is 4.90 Å². The van der Waals surface area contributed by atoms with Crippen molar-refractivity contribution in [2.75, 3.05) is 31.2 Å². The highest BCUT2D eigenvalue weighted by Crippen LogP contribution is 2.28. The van der Waals surface area contributed by atoms with Gasteiger partial charge in [-0.15, -0.1) is 11.3 Å². The van der Waals surface area contributed by atoms with Crippen LogP contribution in [-0.4, -0.2) is 47.4 Å². The lowest BCUT2D eigenvalue weighted by atomic mass is 10.3. The lowest BCUT2D eigenvalue weighted by Crippen LogP contribution is -2.36. The first-order valence-corrected chi connectivity index (χ1v) is 7.63. The van der Waals surface area contributed by atoms with Crippen LogP contribution in [0.2, 0.25) is 4.47 Å². The summed E-state index contributed by atoms with van der Waals surface area (Å²) >= 11 is 7.38. The number of hydrogen-bond donors (Lipinski definition) is 0. The molecular weight excluding hydrogens is 328 g/mol. The van der Waals surface area contributed by atoms with E-state index >= 15 is 0 Å². The molecule has 1 saturated heterocycles. The van der Waals surface area contributed by atoms with Gasteiger partial charge in [-0.05, 0) is 13.0 Å². The number of ether oxygens (including phenoxy) is 1. The number of aryl methyl sites for hydroxylation is 1. The van der Waals surface area contributed by atoms with Crippen LogP contribution in [0.1, 0.15) is 4.88 Å². The van der Waals surface area contributed by atoms with Crippen molar-refractivity contribution in [1.29, 1.82) is 0 Å². The van der Waals surface area contributed by atoms with Crippen LogP contribution in [0.4, 0.5) is 5.82 Å². The third kappa shape index (κ3) is 4.08. The third-order valence-corrected chi connectivity index (χ3v) is 4.03. The molecule has 0 bridgehead atoms. The van der Waals surface area contributed by atoms with Crippen molar-refractivity contribution in [1.82, 2.24) is 15.0 Å². The second-order valence-electron chi connectivity index (χ2n) is 4.29. The molecule has 0 unspecified atom stereocenters. The van der Waals surface area contributed by atoms with Crippen molar-refractivity contribution >= 4 is 34.9 Å². The van der Waals surface area contributed by atoms with Crippen molar-refractivity contribution in [2.24, 2.45) is 0 Å². The Morgan fingerprint density at radius 3 is 2.59 bits per heavy atom. The topological polar surface area (TPSA) is 85.3 Å². The minimum absolute atomic E-state index is 0.250. The Morgan fingerprint density at radius 1 is 1.32 bits per heavy atom. The maximum atomic E-state index is 8.12. The van der Waals surface area contributed by atoms with Crippen LogP contribution in [0.15, 0.2) is 12.3 Å². The first kappa shape index (κ1) is 16.5. The largest absolute Gasteiger partial charge is 0.378 e. The molecule has 2 aromatic rings. The van der Waals surface area contributed by atoms with Gasteiger partial charge in [-0.2, -0.15) is 9.59 Å². The summed E-state index contributed by atoms with van der Waals surface area (Å²) in [7, 11) is 0. The average molecular weight is 341 g/mol. The highest BCUT2D eigenvalue weighted by atomic mass is 35.5. The van der Waals surface area contributed by atoms with Gasteiger partial charge in [0.15, 0.2) is 10.3 Å². The van der Waals surface area contributed by atoms with Crippen molar-refractivity contribution in [2.45, 2.75) is 6.92 Å². The molecule has 3 heterocycles. The fourth-order valence-corrected chi connectivity index (χ4v) is 3.06. The molecule has 0 saturated carbocycles. The number of thiazole rings is 1. The molecule has 22 heavy (non-hydrogen) atoms. The molecule has 9 heteroatoms. The lowest BCUT2D eigenvalue weighted by Gasteiger charge is -2.27. The summed E-state index contributed by atoms with van der Waals surface area (Å²) in [6.45, 7) is 5.16. The number of rotatable bonds is 2. The predicted molar refractivity (Wildman–Crippen MR) is 80.9 cm³/mol. The summed E-state index contributed by atoms with van der Waals surface area (Å²) < 4.78 is 5.87. The average Bonchev–Trinajstić information content (AvgIpc) is 2.88. The molecule has 2 aromatic heterocycles. The van der Waals surface area contributed by atoms with Crippen molar-refractivity contribution in [3.63, 3.8) is 0 Å². The number of aromatic nitrogens is 3. The minimum Gasteiger partial charge on any atom is -0.378 e. The first-order chi connectivity index (χ1) is 10.7. The molecule has 1 aliphatic heterocycles. The lowest BCUT2D eigenvalue weighted by molar-refractivity contribution is -0.191. The van der Waals surface area contributed by atoms with E-state index < -0.39 is 0 Å². The van der Waals surface area contributed by atoms with E-state index in [0.717, 1.165) is 42.7 Å². The van der Waals surface area contributed by atoms with Crippen LogP contribution in [-0.2, 0) is 14.3 Å². The van der Waals surface area contributed by atoms with E-state index in [1.54, 1.807) is 6.20 Å². The molecule has 1 fully saturated rings. The van der Waals surface area contributed by atoms with Crippen LogP contribution in [0.3, 0.4) is 0 Å². The zero-order chi connectivity index (χ0) is 15.9. The molecule has 116 valence electrons. The van der Waals surface area contributed by atoms with Gasteiger partial charge >= 0.3 is 6.15 Å². The Labute approximate surface area is 135 Å². The van der Waals surface area contributed by atoms with E-state index in [1.165, 1.54) is 11.3 Å². The third-order valence-electron chi connectivity index (χ3n) is 2.96. The highest BCUT2D eigenvalue weighted by molar-refractivity contribution is 7.16. The van der Waals surface area contributed by atoms with Crippen molar-refractivity contribution in [3.05, 3.63) is 21.6 Å². The second-order valence-corrected chi connectivity index (χ2v) is 6.08. The van der Waals surface area contributed by atoms with Gasteiger partial charge in [0.2, 0.25) is 0 Å². The van der Waals surface area contributed by atoms with E-state index in [9.17, 15) is 0 Å². The minimum atomic E-state index is 0.250. The van der Waals surface area contributed by atoms with E-state index in [-0.39, 0.29) is 6.15 Å². The van der Waals surface area contributed by atoms with Gasteiger partial charge in [0.05, 0.1) is 13.2 Å². The molecule has 3 rings (SSSR count). The fourth-order valence-electron chi connectivity index (χ4n) is 2.00. The van der Waals surface area contributed by atoms with Gasteiger partial charge < -0.3 is 9.64 Å². The number of nitrogens with zero attached hydrogens (tertiary/aromatic N) is 4. The smallest absolute Gasteiger partial charge is 0.373 e. The molecule has 0 N–H and O–H groups in total. The van der Waals surface area contributed by atoms with Gasteiger partial charge in [0, 0.05) is 24.2 Å². The monoisotopic (exact) mass is 340 g/mol. The molecule has 0 aliphatic carbocycles. The molecule has 7 nitrogen and oxygen atoms in total. The van der Waals surface area contributed by atoms with Gasteiger partial charge in [0.25, 0.3) is 0 Å². The number of anilines is 1. The summed E-state index contributed by atoms with van der Waals surface area (Å²) in [4.78, 5) is 32.6. The Morgan fingerprint density at radius 2 is 2.00 bits per heavy atom. The van der Waals surface area contributed by atoms with Crippen molar-refractivity contribution in [3.8, 4) is 11.5 Å². The summed E-state index contributed by atoms with van der Waals surface area (Å²) in [6.07, 6.45) is 2.01. The molecule has 0 spiro atoms. The Balaban J connectivity index is 0.000000545. The van der Waals surface area contributed by atoms with E-state index in [0.29, 0.717) is 10.3 Å². The molecule has 0 radical (unpaired) electrons. The zero-order valence-corrected chi connectivity index (χ0v) is 13.4. The molecule has 0 aromatic carbocycles. The van der Waals surface area contributed by atoms with Crippen LogP contribution in [0.25, 0.3) is 11.5 Å². The van der Waals surface area contributed by atoms with Gasteiger partial charge in [0.1, 0.15) is 11.5 Å². The number of carbonyl (C=O) groups excluding carboxylic acids is 2. The van der Waals surface area contributed by atoms with E-state index in [1.807, 2.05) is 13.0 Å². The molecule has 0 amide bonds. The number of halogens is 1. The molecule has 0 atom stereocenters. The summed E-state index contributed by atoms with van der Waals surface area (Å²) in [6, 6.07) is 1.91. The van der Waals surface area contributed by atoms with Gasteiger partial charge in [-0.25, -0.2) is 15.0 Å². The van der Waals surface area contributed by atoms with Crippen molar-refractivity contribution < 1.29 is 14.3 Å². The normalized spacial score (nSPS) is 14.0.